The first kappa shape index (κ1) is 15.9. The molecule has 18 heavy (non-hydrogen) atoms. The third kappa shape index (κ3) is 6.14. The number of rotatable bonds is 7. The van der Waals surface area contributed by atoms with E-state index in [4.69, 9.17) is 0 Å². The molecule has 0 saturated carbocycles. The molecule has 1 heterocycles. The van der Waals surface area contributed by atoms with Crippen LogP contribution in [0.3, 0.4) is 0 Å². The van der Waals surface area contributed by atoms with Crippen LogP contribution in [0.1, 0.15) is 34.1 Å². The Balaban J connectivity index is 2.26. The molecule has 0 aromatic rings. The molecule has 2 N–H and O–H groups in total. The van der Waals surface area contributed by atoms with Gasteiger partial charge in [-0.15, -0.1) is 0 Å². The zero-order chi connectivity index (χ0) is 13.6. The molecule has 4 nitrogen and oxygen atoms in total. The van der Waals surface area contributed by atoms with Gasteiger partial charge in [-0.25, -0.2) is 0 Å². The molecule has 0 radical (unpaired) electrons. The van der Waals surface area contributed by atoms with Gasteiger partial charge in [0.1, 0.15) is 0 Å². The van der Waals surface area contributed by atoms with E-state index in [2.05, 4.69) is 35.9 Å². The minimum atomic E-state index is -0.628. The van der Waals surface area contributed by atoms with Crippen LogP contribution in [0.2, 0.25) is 0 Å². The first-order valence-corrected chi connectivity index (χ1v) is 7.33. The van der Waals surface area contributed by atoms with E-state index >= 15 is 0 Å². The van der Waals surface area contributed by atoms with Gasteiger partial charge in [-0.3, -0.25) is 4.90 Å². The summed E-state index contributed by atoms with van der Waals surface area (Å²) in [5, 5.41) is 13.7. The average molecular weight is 257 g/mol. The van der Waals surface area contributed by atoms with E-state index in [0.29, 0.717) is 12.6 Å². The Bertz CT molecular complexity index is 223. The zero-order valence-electron chi connectivity index (χ0n) is 12.6. The highest BCUT2D eigenvalue weighted by atomic mass is 16.3. The first-order valence-electron chi connectivity index (χ1n) is 7.33. The Morgan fingerprint density at radius 3 is 2.22 bits per heavy atom. The van der Waals surface area contributed by atoms with Crippen molar-refractivity contribution in [1.82, 2.24) is 15.1 Å². The van der Waals surface area contributed by atoms with E-state index in [-0.39, 0.29) is 0 Å². The molecule has 1 aliphatic heterocycles. The van der Waals surface area contributed by atoms with Crippen LogP contribution in [0.4, 0.5) is 0 Å². The second kappa shape index (κ2) is 7.43. The molecule has 0 bridgehead atoms. The van der Waals surface area contributed by atoms with Gasteiger partial charge in [0, 0.05) is 45.3 Å². The van der Waals surface area contributed by atoms with Crippen molar-refractivity contribution in [2.75, 3.05) is 45.8 Å². The highest BCUT2D eigenvalue weighted by Gasteiger charge is 2.26. The van der Waals surface area contributed by atoms with Gasteiger partial charge in [-0.2, -0.15) is 0 Å². The second-order valence-electron chi connectivity index (χ2n) is 6.15. The largest absolute Gasteiger partial charge is 0.388 e. The lowest BCUT2D eigenvalue weighted by atomic mass is 10.1. The predicted molar refractivity (Wildman–Crippen MR) is 76.9 cm³/mol. The minimum absolute atomic E-state index is 0.429. The number of nitrogens with zero attached hydrogens (tertiary/aromatic N) is 2. The van der Waals surface area contributed by atoms with Gasteiger partial charge in [0.25, 0.3) is 0 Å². The number of hydrogen-bond donors (Lipinski definition) is 2. The third-order valence-electron chi connectivity index (χ3n) is 3.46. The maximum atomic E-state index is 10.4. The van der Waals surface area contributed by atoms with Gasteiger partial charge in [-0.1, -0.05) is 20.8 Å². The van der Waals surface area contributed by atoms with E-state index < -0.39 is 5.60 Å². The molecule has 1 atom stereocenters. The smallest absolute Gasteiger partial charge is 0.0869 e. The summed E-state index contributed by atoms with van der Waals surface area (Å²) in [6.07, 6.45) is 1.23. The fourth-order valence-corrected chi connectivity index (χ4v) is 2.45. The van der Waals surface area contributed by atoms with Crippen LogP contribution in [0.25, 0.3) is 0 Å². The summed E-state index contributed by atoms with van der Waals surface area (Å²) in [5.74, 6) is 0. The van der Waals surface area contributed by atoms with Crippen molar-refractivity contribution in [2.24, 2.45) is 0 Å². The average Bonchev–Trinajstić information content (AvgIpc) is 2.29. The van der Waals surface area contributed by atoms with E-state index in [1.165, 1.54) is 13.0 Å². The highest BCUT2D eigenvalue weighted by molar-refractivity contribution is 4.83. The monoisotopic (exact) mass is 257 g/mol. The standard InChI is InChI=1S/C14H31N3O/c1-5-6-16-7-9-17(10-8-16)12-14(4,18)11-15-13(2)3/h13,15,18H,5-12H2,1-4H3. The van der Waals surface area contributed by atoms with Crippen LogP contribution < -0.4 is 5.32 Å². The first-order chi connectivity index (χ1) is 8.43. The molecule has 0 aliphatic carbocycles. The molecule has 108 valence electrons. The van der Waals surface area contributed by atoms with Crippen molar-refractivity contribution in [3.8, 4) is 0 Å². The number of nitrogens with one attached hydrogen (secondary N) is 1. The molecule has 4 heteroatoms. The molecule has 1 unspecified atom stereocenters. The van der Waals surface area contributed by atoms with Crippen LogP contribution in [0.15, 0.2) is 0 Å². The third-order valence-corrected chi connectivity index (χ3v) is 3.46. The summed E-state index contributed by atoms with van der Waals surface area (Å²) in [7, 11) is 0. The fourth-order valence-electron chi connectivity index (χ4n) is 2.45. The summed E-state index contributed by atoms with van der Waals surface area (Å²) < 4.78 is 0. The molecule has 0 aromatic heterocycles. The van der Waals surface area contributed by atoms with E-state index in [9.17, 15) is 5.11 Å². The van der Waals surface area contributed by atoms with Gasteiger partial charge in [0.05, 0.1) is 5.60 Å². The van der Waals surface area contributed by atoms with Gasteiger partial charge in [0.15, 0.2) is 0 Å². The Morgan fingerprint density at radius 1 is 1.17 bits per heavy atom. The summed E-state index contributed by atoms with van der Waals surface area (Å²) >= 11 is 0. The van der Waals surface area contributed by atoms with Gasteiger partial charge < -0.3 is 15.3 Å². The molecule has 0 aromatic carbocycles. The topological polar surface area (TPSA) is 38.7 Å². The normalized spacial score (nSPS) is 22.3. The van der Waals surface area contributed by atoms with Gasteiger partial charge in [-0.05, 0) is 19.9 Å². The predicted octanol–water partition coefficient (Wildman–Crippen LogP) is 0.763. The van der Waals surface area contributed by atoms with Crippen molar-refractivity contribution in [1.29, 1.82) is 0 Å². The van der Waals surface area contributed by atoms with Gasteiger partial charge >= 0.3 is 0 Å². The summed E-state index contributed by atoms with van der Waals surface area (Å²) in [4.78, 5) is 4.89. The van der Waals surface area contributed by atoms with E-state index in [1.807, 2.05) is 6.92 Å². The molecular formula is C14H31N3O. The van der Waals surface area contributed by atoms with Crippen LogP contribution in [-0.4, -0.2) is 72.4 Å². The molecule has 1 fully saturated rings. The number of β-amino-alcohol motifs (C(OH)–C–C–N with tert-alkyl or cyclic N) is 1. The van der Waals surface area contributed by atoms with Crippen molar-refractivity contribution >= 4 is 0 Å². The molecule has 1 aliphatic rings. The highest BCUT2D eigenvalue weighted by Crippen LogP contribution is 2.09. The molecule has 0 spiro atoms. The maximum Gasteiger partial charge on any atom is 0.0869 e. The maximum absolute atomic E-state index is 10.4. The molecule has 1 saturated heterocycles. The molecular weight excluding hydrogens is 226 g/mol. The van der Waals surface area contributed by atoms with Crippen LogP contribution in [0, 0.1) is 0 Å². The van der Waals surface area contributed by atoms with E-state index in [0.717, 1.165) is 32.7 Å². The Hall–Kier alpha value is -0.160. The summed E-state index contributed by atoms with van der Waals surface area (Å²) in [5.41, 5.74) is -0.628. The van der Waals surface area contributed by atoms with Gasteiger partial charge in [0.2, 0.25) is 0 Å². The minimum Gasteiger partial charge on any atom is -0.388 e. The number of hydrogen-bond acceptors (Lipinski definition) is 4. The Morgan fingerprint density at radius 2 is 1.72 bits per heavy atom. The fraction of sp³-hybridized carbons (Fsp3) is 1.00. The second-order valence-corrected chi connectivity index (χ2v) is 6.15. The Labute approximate surface area is 112 Å². The summed E-state index contributed by atoms with van der Waals surface area (Å²) in [6.45, 7) is 15.5. The molecule has 0 amide bonds. The van der Waals surface area contributed by atoms with Crippen molar-refractivity contribution < 1.29 is 5.11 Å². The lowest BCUT2D eigenvalue weighted by molar-refractivity contribution is 0.00364. The number of piperazine rings is 1. The van der Waals surface area contributed by atoms with Crippen LogP contribution in [-0.2, 0) is 0 Å². The van der Waals surface area contributed by atoms with Crippen molar-refractivity contribution in [3.63, 3.8) is 0 Å². The number of aliphatic hydroxyl groups is 1. The SMILES string of the molecule is CCCN1CCN(CC(C)(O)CNC(C)C)CC1. The van der Waals surface area contributed by atoms with E-state index in [1.54, 1.807) is 0 Å². The lowest BCUT2D eigenvalue weighted by Crippen LogP contribution is -2.54. The quantitative estimate of drug-likeness (QED) is 0.706. The lowest BCUT2D eigenvalue weighted by Gasteiger charge is -2.38. The zero-order valence-corrected chi connectivity index (χ0v) is 12.6. The summed E-state index contributed by atoms with van der Waals surface area (Å²) in [6, 6.07) is 0.429. The van der Waals surface area contributed by atoms with Crippen LogP contribution >= 0.6 is 0 Å². The Kier molecular flexibility index (Phi) is 6.57. The van der Waals surface area contributed by atoms with Crippen LogP contribution in [0.5, 0.6) is 0 Å². The molecule has 1 rings (SSSR count). The van der Waals surface area contributed by atoms with Crippen molar-refractivity contribution in [2.45, 2.75) is 45.8 Å². The van der Waals surface area contributed by atoms with Crippen molar-refractivity contribution in [3.05, 3.63) is 0 Å².